The van der Waals surface area contributed by atoms with E-state index in [1.54, 1.807) is 31.4 Å². The van der Waals surface area contributed by atoms with Crippen molar-refractivity contribution in [1.29, 1.82) is 0 Å². The second kappa shape index (κ2) is 10.5. The molecule has 1 saturated heterocycles. The number of carbonyl (C=O) groups is 2. The first-order valence-electron chi connectivity index (χ1n) is 11.0. The van der Waals surface area contributed by atoms with Crippen LogP contribution in [0.2, 0.25) is 0 Å². The van der Waals surface area contributed by atoms with Crippen molar-refractivity contribution in [2.75, 3.05) is 26.9 Å². The maximum absolute atomic E-state index is 13.1. The van der Waals surface area contributed by atoms with Gasteiger partial charge in [-0.15, -0.1) is 0 Å². The molecule has 2 aromatic rings. The number of aryl methyl sites for hydroxylation is 1. The van der Waals surface area contributed by atoms with Crippen LogP contribution in [-0.2, 0) is 14.3 Å². The van der Waals surface area contributed by atoms with Crippen molar-refractivity contribution in [3.63, 3.8) is 0 Å². The predicted octanol–water partition coefficient (Wildman–Crippen LogP) is 4.19. The average molecular weight is 454 g/mol. The Morgan fingerprint density at radius 1 is 1.12 bits per heavy atom. The molecule has 176 valence electrons. The Labute approximate surface area is 194 Å². The second-order valence-corrected chi connectivity index (χ2v) is 8.61. The Hall–Kier alpha value is -3.32. The number of hydrogen-bond acceptors (Lipinski definition) is 6. The van der Waals surface area contributed by atoms with Gasteiger partial charge in [-0.2, -0.15) is 0 Å². The van der Waals surface area contributed by atoms with Gasteiger partial charge in [0.25, 0.3) is 11.7 Å². The van der Waals surface area contributed by atoms with Crippen LogP contribution in [-0.4, -0.2) is 53.7 Å². The Balaban J connectivity index is 2.05. The molecule has 1 atom stereocenters. The van der Waals surface area contributed by atoms with Gasteiger partial charge in [-0.1, -0.05) is 26.0 Å². The molecule has 2 N–H and O–H groups in total. The van der Waals surface area contributed by atoms with E-state index in [1.807, 2.05) is 13.0 Å². The second-order valence-electron chi connectivity index (χ2n) is 8.61. The number of likely N-dealkylation sites (tertiary alicyclic amines) is 1. The lowest BCUT2D eigenvalue weighted by molar-refractivity contribution is -0.140. The minimum Gasteiger partial charge on any atom is -0.508 e. The summed E-state index contributed by atoms with van der Waals surface area (Å²) in [6.45, 7) is 7.23. The zero-order valence-electron chi connectivity index (χ0n) is 19.5. The van der Waals surface area contributed by atoms with Crippen LogP contribution in [0.3, 0.4) is 0 Å². The third kappa shape index (κ3) is 5.37. The van der Waals surface area contributed by atoms with E-state index in [9.17, 15) is 19.8 Å². The van der Waals surface area contributed by atoms with Crippen LogP contribution in [0.1, 0.15) is 43.0 Å². The highest BCUT2D eigenvalue weighted by molar-refractivity contribution is 6.46. The number of nitrogens with zero attached hydrogens (tertiary/aromatic N) is 1. The van der Waals surface area contributed by atoms with E-state index in [1.165, 1.54) is 17.0 Å². The number of hydrogen-bond donors (Lipinski definition) is 2. The van der Waals surface area contributed by atoms with E-state index in [0.29, 0.717) is 49.0 Å². The fourth-order valence-corrected chi connectivity index (χ4v) is 3.89. The zero-order chi connectivity index (χ0) is 24.1. The molecule has 7 nitrogen and oxygen atoms in total. The molecular weight excluding hydrogens is 422 g/mol. The summed E-state index contributed by atoms with van der Waals surface area (Å²) in [5.41, 5.74) is 1.84. The molecule has 33 heavy (non-hydrogen) atoms. The Morgan fingerprint density at radius 3 is 2.42 bits per heavy atom. The zero-order valence-corrected chi connectivity index (χ0v) is 19.5. The molecule has 1 aliphatic rings. The van der Waals surface area contributed by atoms with Gasteiger partial charge in [-0.25, -0.2) is 0 Å². The number of ketones is 1. The molecule has 3 rings (SSSR count). The average Bonchev–Trinajstić information content (AvgIpc) is 3.03. The predicted molar refractivity (Wildman–Crippen MR) is 125 cm³/mol. The molecule has 1 fully saturated rings. The molecule has 1 unspecified atom stereocenters. The maximum atomic E-state index is 13.1. The molecule has 0 radical (unpaired) electrons. The number of methoxy groups -OCH3 is 1. The number of benzene rings is 2. The third-order valence-electron chi connectivity index (χ3n) is 5.53. The van der Waals surface area contributed by atoms with Gasteiger partial charge in [0.05, 0.1) is 18.2 Å². The van der Waals surface area contributed by atoms with Gasteiger partial charge in [-0.3, -0.25) is 9.59 Å². The molecule has 0 spiro atoms. The highest BCUT2D eigenvalue weighted by atomic mass is 16.5. The molecule has 1 heterocycles. The quantitative estimate of drug-likeness (QED) is 0.256. The lowest BCUT2D eigenvalue weighted by Gasteiger charge is -2.25. The van der Waals surface area contributed by atoms with Gasteiger partial charge in [0.15, 0.2) is 0 Å². The first-order chi connectivity index (χ1) is 15.7. The van der Waals surface area contributed by atoms with Gasteiger partial charge in [0.2, 0.25) is 0 Å². The van der Waals surface area contributed by atoms with Gasteiger partial charge in [0.1, 0.15) is 17.3 Å². The lowest BCUT2D eigenvalue weighted by Crippen LogP contribution is -2.31. The number of phenolic OH excluding ortho intramolecular Hbond substituents is 1. The molecule has 7 heteroatoms. The Morgan fingerprint density at radius 2 is 1.82 bits per heavy atom. The van der Waals surface area contributed by atoms with Crippen LogP contribution in [0.5, 0.6) is 11.5 Å². The summed E-state index contributed by atoms with van der Waals surface area (Å²) >= 11 is 0. The molecular formula is C26H31NO6. The monoisotopic (exact) mass is 453 g/mol. The molecule has 0 aromatic heterocycles. The summed E-state index contributed by atoms with van der Waals surface area (Å²) in [5, 5.41) is 20.9. The van der Waals surface area contributed by atoms with Crippen LogP contribution in [0.4, 0.5) is 0 Å². The standard InChI is InChI=1S/C26H31NO6/c1-16(2)15-33-20-10-11-21(17(3)14-20)24(29)22-23(18-6-8-19(28)9-7-18)27(12-5-13-32-4)26(31)25(22)30/h6-11,14,16,23,28-29H,5,12-13,15H2,1-4H3. The molecule has 2 aromatic carbocycles. The van der Waals surface area contributed by atoms with E-state index < -0.39 is 17.7 Å². The summed E-state index contributed by atoms with van der Waals surface area (Å²) in [5.74, 6) is -0.509. The summed E-state index contributed by atoms with van der Waals surface area (Å²) in [6.07, 6.45) is 0.541. The topological polar surface area (TPSA) is 96.3 Å². The summed E-state index contributed by atoms with van der Waals surface area (Å²) in [6, 6.07) is 10.8. The van der Waals surface area contributed by atoms with Crippen LogP contribution >= 0.6 is 0 Å². The van der Waals surface area contributed by atoms with E-state index >= 15 is 0 Å². The van der Waals surface area contributed by atoms with Crippen LogP contribution in [0.25, 0.3) is 5.76 Å². The van der Waals surface area contributed by atoms with Crippen molar-refractivity contribution in [1.82, 2.24) is 4.90 Å². The number of phenols is 1. The first-order valence-corrected chi connectivity index (χ1v) is 11.0. The normalized spacial score (nSPS) is 17.7. The van der Waals surface area contributed by atoms with Crippen LogP contribution in [0.15, 0.2) is 48.0 Å². The van der Waals surface area contributed by atoms with Gasteiger partial charge < -0.3 is 24.6 Å². The van der Waals surface area contributed by atoms with Gasteiger partial charge >= 0.3 is 0 Å². The third-order valence-corrected chi connectivity index (χ3v) is 5.53. The SMILES string of the molecule is COCCCN1C(=O)C(=O)C(=C(O)c2ccc(OCC(C)C)cc2C)C1c1ccc(O)cc1. The summed E-state index contributed by atoms with van der Waals surface area (Å²) in [7, 11) is 1.57. The fraction of sp³-hybridized carbons (Fsp3) is 0.385. The minimum absolute atomic E-state index is 0.0297. The molecule has 1 aliphatic heterocycles. The van der Waals surface area contributed by atoms with E-state index in [-0.39, 0.29) is 17.1 Å². The molecule has 0 saturated carbocycles. The van der Waals surface area contributed by atoms with Crippen molar-refractivity contribution < 1.29 is 29.3 Å². The van der Waals surface area contributed by atoms with Crippen molar-refractivity contribution in [2.24, 2.45) is 5.92 Å². The maximum Gasteiger partial charge on any atom is 0.295 e. The smallest absolute Gasteiger partial charge is 0.295 e. The first kappa shape index (κ1) is 24.3. The van der Waals surface area contributed by atoms with E-state index in [0.717, 1.165) is 5.56 Å². The number of amides is 1. The highest BCUT2D eigenvalue weighted by Crippen LogP contribution is 2.40. The van der Waals surface area contributed by atoms with E-state index in [4.69, 9.17) is 9.47 Å². The van der Waals surface area contributed by atoms with Crippen molar-refractivity contribution >= 4 is 17.4 Å². The van der Waals surface area contributed by atoms with Crippen LogP contribution < -0.4 is 4.74 Å². The summed E-state index contributed by atoms with van der Waals surface area (Å²) < 4.78 is 10.9. The lowest BCUT2D eigenvalue weighted by atomic mass is 9.94. The number of Topliss-reactive ketones (excluding diaryl/α,β-unsaturated/α-hetero) is 1. The molecule has 0 bridgehead atoms. The fourth-order valence-electron chi connectivity index (χ4n) is 3.89. The van der Waals surface area contributed by atoms with Crippen molar-refractivity contribution in [3.8, 4) is 11.5 Å². The van der Waals surface area contributed by atoms with Gasteiger partial charge in [-0.05, 0) is 60.7 Å². The van der Waals surface area contributed by atoms with Gasteiger partial charge in [0, 0.05) is 25.8 Å². The summed E-state index contributed by atoms with van der Waals surface area (Å²) in [4.78, 5) is 27.4. The highest BCUT2D eigenvalue weighted by Gasteiger charge is 2.45. The number of aliphatic hydroxyl groups is 1. The number of ether oxygens (including phenoxy) is 2. The number of aromatic hydroxyl groups is 1. The Kier molecular flexibility index (Phi) is 7.76. The van der Waals surface area contributed by atoms with E-state index in [2.05, 4.69) is 13.8 Å². The number of aliphatic hydroxyl groups excluding tert-OH is 1. The minimum atomic E-state index is -0.765. The largest absolute Gasteiger partial charge is 0.508 e. The van der Waals surface area contributed by atoms with Crippen molar-refractivity contribution in [3.05, 3.63) is 64.7 Å². The molecule has 1 amide bonds. The van der Waals surface area contributed by atoms with Crippen molar-refractivity contribution in [2.45, 2.75) is 33.2 Å². The molecule has 0 aliphatic carbocycles. The van der Waals surface area contributed by atoms with Crippen LogP contribution in [0, 0.1) is 12.8 Å². The Bertz CT molecular complexity index is 1040. The number of carbonyl (C=O) groups excluding carboxylic acids is 2. The number of rotatable bonds is 9.